The summed E-state index contributed by atoms with van der Waals surface area (Å²) < 4.78 is 0. The number of hydrogen-bond donors (Lipinski definition) is 2. The molecular weight excluding hydrogens is 316 g/mol. The highest BCUT2D eigenvalue weighted by Crippen LogP contribution is 2.29. The van der Waals surface area contributed by atoms with Crippen molar-refractivity contribution in [2.45, 2.75) is 32.7 Å². The van der Waals surface area contributed by atoms with Gasteiger partial charge in [0.1, 0.15) is 22.5 Å². The number of anilines is 1. The maximum absolute atomic E-state index is 12.6. The summed E-state index contributed by atoms with van der Waals surface area (Å²) in [5.74, 6) is -0.525. The van der Waals surface area contributed by atoms with Crippen LogP contribution in [0.25, 0.3) is 10.2 Å². The molecule has 124 valence electrons. The summed E-state index contributed by atoms with van der Waals surface area (Å²) in [6, 6.07) is 1.98. The summed E-state index contributed by atoms with van der Waals surface area (Å²) in [6.07, 6.45) is 1.38. The summed E-state index contributed by atoms with van der Waals surface area (Å²) >= 11 is 1.57. The van der Waals surface area contributed by atoms with Gasteiger partial charge in [-0.2, -0.15) is 0 Å². The Kier molecular flexibility index (Phi) is 4.84. The molecule has 2 heterocycles. The van der Waals surface area contributed by atoms with Gasteiger partial charge in [-0.25, -0.2) is 9.97 Å². The Morgan fingerprint density at radius 3 is 2.74 bits per heavy atom. The van der Waals surface area contributed by atoms with Gasteiger partial charge in [-0.3, -0.25) is 9.59 Å². The molecule has 0 aliphatic carbocycles. The van der Waals surface area contributed by atoms with Crippen molar-refractivity contribution in [1.29, 1.82) is 0 Å². The second-order valence-electron chi connectivity index (χ2n) is 5.92. The van der Waals surface area contributed by atoms with Crippen LogP contribution in [-0.2, 0) is 9.59 Å². The number of fused-ring (bicyclic) bond motifs is 1. The molecule has 1 amide bonds. The molecular formula is C15H20N4O3S. The third-order valence-corrected chi connectivity index (χ3v) is 4.38. The number of amides is 1. The number of carbonyl (C=O) groups is 2. The number of carbonyl (C=O) groups excluding carboxylic acids is 1. The lowest BCUT2D eigenvalue weighted by molar-refractivity contribution is -0.139. The smallest absolute Gasteiger partial charge is 0.305 e. The first kappa shape index (κ1) is 17.1. The van der Waals surface area contributed by atoms with Crippen LogP contribution in [0.5, 0.6) is 0 Å². The van der Waals surface area contributed by atoms with E-state index < -0.39 is 11.5 Å². The van der Waals surface area contributed by atoms with Crippen molar-refractivity contribution < 1.29 is 14.7 Å². The maximum atomic E-state index is 12.6. The first-order valence-electron chi connectivity index (χ1n) is 7.17. The zero-order valence-corrected chi connectivity index (χ0v) is 14.4. The van der Waals surface area contributed by atoms with Crippen LogP contribution >= 0.6 is 11.3 Å². The molecule has 0 radical (unpaired) electrons. The van der Waals surface area contributed by atoms with Crippen LogP contribution in [0.2, 0.25) is 0 Å². The quantitative estimate of drug-likeness (QED) is 0.839. The number of carboxylic acid groups (broad SMARTS) is 1. The highest BCUT2D eigenvalue weighted by atomic mass is 32.1. The van der Waals surface area contributed by atoms with Crippen LogP contribution in [0, 0.1) is 6.92 Å². The molecule has 0 fully saturated rings. The van der Waals surface area contributed by atoms with Crippen LogP contribution in [-0.4, -0.2) is 51.0 Å². The van der Waals surface area contributed by atoms with Crippen molar-refractivity contribution >= 4 is 39.2 Å². The molecule has 0 unspecified atom stereocenters. The van der Waals surface area contributed by atoms with E-state index in [0.717, 1.165) is 15.1 Å². The predicted molar refractivity (Wildman–Crippen MR) is 89.7 cm³/mol. The van der Waals surface area contributed by atoms with E-state index in [1.165, 1.54) is 11.2 Å². The molecule has 7 nitrogen and oxygen atoms in total. The van der Waals surface area contributed by atoms with Gasteiger partial charge in [-0.15, -0.1) is 11.3 Å². The van der Waals surface area contributed by atoms with E-state index in [4.69, 9.17) is 5.11 Å². The lowest BCUT2D eigenvalue weighted by atomic mass is 10.0. The number of aliphatic carboxylic acids is 1. The fourth-order valence-electron chi connectivity index (χ4n) is 2.27. The number of nitrogens with zero attached hydrogens (tertiary/aromatic N) is 3. The monoisotopic (exact) mass is 336 g/mol. The summed E-state index contributed by atoms with van der Waals surface area (Å²) in [4.78, 5) is 35.1. The third-order valence-electron chi connectivity index (χ3n) is 3.43. The molecule has 0 saturated heterocycles. The van der Waals surface area contributed by atoms with E-state index in [0.29, 0.717) is 5.82 Å². The Hall–Kier alpha value is -2.22. The van der Waals surface area contributed by atoms with Gasteiger partial charge < -0.3 is 15.3 Å². The SMILES string of the molecule is Cc1cc2c(NC(C)(C)C(=O)N(C)CCC(=O)O)ncnc2s1. The fraction of sp³-hybridized carbons (Fsp3) is 0.467. The summed E-state index contributed by atoms with van der Waals surface area (Å²) in [5, 5.41) is 12.8. The lowest BCUT2D eigenvalue weighted by Crippen LogP contribution is -2.49. The van der Waals surface area contributed by atoms with Gasteiger partial charge in [0, 0.05) is 18.5 Å². The molecule has 8 heteroatoms. The first-order valence-corrected chi connectivity index (χ1v) is 7.99. The second kappa shape index (κ2) is 6.49. The van der Waals surface area contributed by atoms with E-state index in [1.54, 1.807) is 32.2 Å². The minimum atomic E-state index is -0.929. The zero-order chi connectivity index (χ0) is 17.2. The van der Waals surface area contributed by atoms with Crippen LogP contribution in [0.3, 0.4) is 0 Å². The van der Waals surface area contributed by atoms with Crippen LogP contribution in [0.4, 0.5) is 5.82 Å². The number of hydrogen-bond acceptors (Lipinski definition) is 6. The van der Waals surface area contributed by atoms with Gasteiger partial charge in [-0.1, -0.05) is 0 Å². The molecule has 23 heavy (non-hydrogen) atoms. The molecule has 0 aromatic carbocycles. The van der Waals surface area contributed by atoms with Crippen molar-refractivity contribution in [3.05, 3.63) is 17.3 Å². The average Bonchev–Trinajstić information content (AvgIpc) is 2.85. The Bertz CT molecular complexity index is 741. The van der Waals surface area contributed by atoms with E-state index in [9.17, 15) is 9.59 Å². The number of aryl methyl sites for hydroxylation is 1. The number of rotatable bonds is 6. The molecule has 2 aromatic heterocycles. The van der Waals surface area contributed by atoms with E-state index in [1.807, 2.05) is 13.0 Å². The maximum Gasteiger partial charge on any atom is 0.305 e. The molecule has 2 aromatic rings. The van der Waals surface area contributed by atoms with Crippen LogP contribution in [0.1, 0.15) is 25.1 Å². The van der Waals surface area contributed by atoms with Crippen molar-refractivity contribution in [1.82, 2.24) is 14.9 Å². The molecule has 0 spiro atoms. The molecule has 0 saturated carbocycles. The molecule has 2 N–H and O–H groups in total. The minimum absolute atomic E-state index is 0.0835. The highest BCUT2D eigenvalue weighted by Gasteiger charge is 2.31. The van der Waals surface area contributed by atoms with Crippen molar-refractivity contribution in [2.24, 2.45) is 0 Å². The Morgan fingerprint density at radius 1 is 1.39 bits per heavy atom. The molecule has 0 aliphatic rings. The van der Waals surface area contributed by atoms with Crippen molar-refractivity contribution in [3.63, 3.8) is 0 Å². The third kappa shape index (κ3) is 3.95. The van der Waals surface area contributed by atoms with Gasteiger partial charge >= 0.3 is 5.97 Å². The number of thiophene rings is 1. The average molecular weight is 336 g/mol. The minimum Gasteiger partial charge on any atom is -0.481 e. The second-order valence-corrected chi connectivity index (χ2v) is 7.15. The summed E-state index contributed by atoms with van der Waals surface area (Å²) in [7, 11) is 1.60. The molecule has 0 bridgehead atoms. The van der Waals surface area contributed by atoms with Crippen molar-refractivity contribution in [3.8, 4) is 0 Å². The largest absolute Gasteiger partial charge is 0.481 e. The van der Waals surface area contributed by atoms with Gasteiger partial charge in [0.2, 0.25) is 5.91 Å². The van der Waals surface area contributed by atoms with Crippen molar-refractivity contribution in [2.75, 3.05) is 18.9 Å². The number of aromatic nitrogens is 2. The normalized spacial score (nSPS) is 11.5. The van der Waals surface area contributed by atoms with E-state index in [-0.39, 0.29) is 18.9 Å². The standard InChI is InChI=1S/C15H20N4O3S/c1-9-7-10-12(16-8-17-13(10)23-9)18-15(2,3)14(22)19(4)6-5-11(20)21/h7-8H,5-6H2,1-4H3,(H,20,21)(H,16,17,18). The van der Waals surface area contributed by atoms with Crippen LogP contribution < -0.4 is 5.32 Å². The Labute approximate surface area is 138 Å². The predicted octanol–water partition coefficient (Wildman–Crippen LogP) is 2.12. The van der Waals surface area contributed by atoms with Gasteiger partial charge in [0.15, 0.2) is 0 Å². The van der Waals surface area contributed by atoms with Crippen LogP contribution in [0.15, 0.2) is 12.4 Å². The molecule has 0 aliphatic heterocycles. The fourth-order valence-corrected chi connectivity index (χ4v) is 3.11. The number of nitrogens with one attached hydrogen (secondary N) is 1. The van der Waals surface area contributed by atoms with Gasteiger partial charge in [-0.05, 0) is 26.8 Å². The summed E-state index contributed by atoms with van der Waals surface area (Å²) in [5.41, 5.74) is -0.912. The highest BCUT2D eigenvalue weighted by molar-refractivity contribution is 7.18. The summed E-state index contributed by atoms with van der Waals surface area (Å²) in [6.45, 7) is 5.65. The lowest BCUT2D eigenvalue weighted by Gasteiger charge is -2.30. The van der Waals surface area contributed by atoms with Gasteiger partial charge in [0.25, 0.3) is 0 Å². The molecule has 0 atom stereocenters. The number of likely N-dealkylation sites (N-methyl/N-ethyl adjacent to an activating group) is 1. The van der Waals surface area contributed by atoms with Gasteiger partial charge in [0.05, 0.1) is 11.8 Å². The topological polar surface area (TPSA) is 95.4 Å². The Morgan fingerprint density at radius 2 is 2.09 bits per heavy atom. The first-order chi connectivity index (χ1) is 10.7. The number of carboxylic acids is 1. The van der Waals surface area contributed by atoms with E-state index in [2.05, 4.69) is 15.3 Å². The molecule has 2 rings (SSSR count). The Balaban J connectivity index is 2.18. The van der Waals surface area contributed by atoms with E-state index >= 15 is 0 Å². The zero-order valence-electron chi connectivity index (χ0n) is 13.6.